The molecule has 22 heavy (non-hydrogen) atoms. The van der Waals surface area contributed by atoms with Gasteiger partial charge in [0, 0.05) is 24.4 Å². The van der Waals surface area contributed by atoms with Gasteiger partial charge in [-0.2, -0.15) is 0 Å². The predicted molar refractivity (Wildman–Crippen MR) is 90.2 cm³/mol. The molecule has 5 nitrogen and oxygen atoms in total. The topological polar surface area (TPSA) is 67.8 Å². The number of aromatic hydroxyl groups is 1. The molecule has 0 heterocycles. The van der Waals surface area contributed by atoms with Gasteiger partial charge in [-0.05, 0) is 42.0 Å². The molecule has 0 spiro atoms. The van der Waals surface area contributed by atoms with Crippen molar-refractivity contribution < 1.29 is 18.7 Å². The maximum Gasteiger partial charge on any atom is 0.356 e. The van der Waals surface area contributed by atoms with Crippen LogP contribution < -0.4 is 5.32 Å². The van der Waals surface area contributed by atoms with E-state index in [2.05, 4.69) is 21.2 Å². The van der Waals surface area contributed by atoms with Gasteiger partial charge in [0.2, 0.25) is 0 Å². The van der Waals surface area contributed by atoms with Crippen LogP contribution in [0.2, 0.25) is 0 Å². The van der Waals surface area contributed by atoms with Crippen molar-refractivity contribution in [1.82, 2.24) is 0 Å². The largest absolute Gasteiger partial charge is 0.508 e. The zero-order valence-corrected chi connectivity index (χ0v) is 14.7. The summed E-state index contributed by atoms with van der Waals surface area (Å²) in [7, 11) is -0.714. The Morgan fingerprint density at radius 2 is 1.59 bits per heavy atom. The van der Waals surface area contributed by atoms with Crippen LogP contribution >= 0.6 is 23.5 Å². The van der Waals surface area contributed by atoms with Gasteiger partial charge >= 0.3 is 7.60 Å². The molecule has 0 radical (unpaired) electrons. The van der Waals surface area contributed by atoms with Gasteiger partial charge in [0.05, 0.1) is 0 Å². The number of hydrogen-bond donors (Lipinski definition) is 2. The first-order chi connectivity index (χ1) is 10.5. The number of phenols is 1. The fraction of sp³-hybridized carbons (Fsp3) is 0.200. The average Bonchev–Trinajstić information content (AvgIpc) is 2.54. The van der Waals surface area contributed by atoms with Gasteiger partial charge in [0.1, 0.15) is 5.75 Å². The van der Waals surface area contributed by atoms with E-state index in [0.29, 0.717) is 5.56 Å². The van der Waals surface area contributed by atoms with Gasteiger partial charge in [-0.1, -0.05) is 28.1 Å². The van der Waals surface area contributed by atoms with Gasteiger partial charge < -0.3 is 19.5 Å². The molecule has 0 aliphatic heterocycles. The summed E-state index contributed by atoms with van der Waals surface area (Å²) in [6.45, 7) is 0. The van der Waals surface area contributed by atoms with Crippen molar-refractivity contribution in [3.8, 4) is 5.75 Å². The molecule has 2 N–H and O–H groups in total. The van der Waals surface area contributed by atoms with E-state index in [0.717, 1.165) is 10.2 Å². The van der Waals surface area contributed by atoms with E-state index >= 15 is 0 Å². The molecule has 1 atom stereocenters. The lowest BCUT2D eigenvalue weighted by Gasteiger charge is -2.26. The minimum absolute atomic E-state index is 0.135. The average molecular weight is 386 g/mol. The molecule has 0 aromatic heterocycles. The first kappa shape index (κ1) is 17.0. The molecule has 2 rings (SSSR count). The Labute approximate surface area is 137 Å². The molecule has 0 saturated carbocycles. The second-order valence-electron chi connectivity index (χ2n) is 4.55. The van der Waals surface area contributed by atoms with Crippen molar-refractivity contribution in [1.29, 1.82) is 0 Å². The monoisotopic (exact) mass is 385 g/mol. The van der Waals surface area contributed by atoms with E-state index in [9.17, 15) is 9.67 Å². The summed E-state index contributed by atoms with van der Waals surface area (Å²) in [5.41, 5.74) is 1.46. The molecule has 0 aliphatic carbocycles. The Morgan fingerprint density at radius 1 is 1.05 bits per heavy atom. The number of phenolic OH excluding ortho intramolecular Hbond substituents is 1. The fourth-order valence-corrected chi connectivity index (χ4v) is 3.67. The Morgan fingerprint density at radius 3 is 2.09 bits per heavy atom. The molecule has 0 saturated heterocycles. The molecule has 118 valence electrons. The minimum Gasteiger partial charge on any atom is -0.508 e. The van der Waals surface area contributed by atoms with Crippen LogP contribution in [-0.2, 0) is 13.6 Å². The van der Waals surface area contributed by atoms with Crippen molar-refractivity contribution in [2.24, 2.45) is 0 Å². The van der Waals surface area contributed by atoms with Gasteiger partial charge in [-0.25, -0.2) is 0 Å². The second kappa shape index (κ2) is 7.29. The van der Waals surface area contributed by atoms with Crippen LogP contribution in [0.1, 0.15) is 11.3 Å². The predicted octanol–water partition coefficient (Wildman–Crippen LogP) is 4.75. The number of hydrogen-bond acceptors (Lipinski definition) is 5. The Kier molecular flexibility index (Phi) is 5.64. The normalized spacial score (nSPS) is 12.9. The summed E-state index contributed by atoms with van der Waals surface area (Å²) in [4.78, 5) is 0. The summed E-state index contributed by atoms with van der Waals surface area (Å²) in [5.74, 6) is -0.555. The zero-order chi connectivity index (χ0) is 16.2. The first-order valence-corrected chi connectivity index (χ1v) is 8.91. The van der Waals surface area contributed by atoms with E-state index in [4.69, 9.17) is 9.05 Å². The first-order valence-electron chi connectivity index (χ1n) is 6.51. The maximum absolute atomic E-state index is 12.8. The number of anilines is 1. The highest BCUT2D eigenvalue weighted by atomic mass is 79.9. The third-order valence-corrected chi connectivity index (χ3v) is 5.79. The highest BCUT2D eigenvalue weighted by Crippen LogP contribution is 2.59. The Hall–Kier alpha value is -1.33. The zero-order valence-electron chi connectivity index (χ0n) is 12.2. The van der Waals surface area contributed by atoms with Crippen LogP contribution in [0.5, 0.6) is 5.75 Å². The van der Waals surface area contributed by atoms with Crippen molar-refractivity contribution in [2.45, 2.75) is 5.78 Å². The maximum atomic E-state index is 12.8. The van der Waals surface area contributed by atoms with Crippen LogP contribution in [0.4, 0.5) is 5.69 Å². The van der Waals surface area contributed by atoms with Crippen LogP contribution in [-0.4, -0.2) is 19.3 Å². The smallest absolute Gasteiger partial charge is 0.356 e. The molecule has 2 aromatic carbocycles. The van der Waals surface area contributed by atoms with Crippen molar-refractivity contribution in [3.63, 3.8) is 0 Å². The summed E-state index contributed by atoms with van der Waals surface area (Å²) in [6.07, 6.45) is 0. The summed E-state index contributed by atoms with van der Waals surface area (Å²) >= 11 is 3.37. The van der Waals surface area contributed by atoms with Gasteiger partial charge in [0.25, 0.3) is 0 Å². The van der Waals surface area contributed by atoms with Crippen molar-refractivity contribution >= 4 is 29.2 Å². The lowest BCUT2D eigenvalue weighted by atomic mass is 10.2. The Balaban J connectivity index is 2.39. The highest BCUT2D eigenvalue weighted by molar-refractivity contribution is 9.10. The summed E-state index contributed by atoms with van der Waals surface area (Å²) in [5, 5.41) is 12.6. The van der Waals surface area contributed by atoms with E-state index in [1.807, 2.05) is 24.3 Å². The summed E-state index contributed by atoms with van der Waals surface area (Å²) < 4.78 is 24.0. The van der Waals surface area contributed by atoms with E-state index in [1.54, 1.807) is 12.1 Å². The second-order valence-corrected chi connectivity index (χ2v) is 7.79. The molecule has 1 unspecified atom stereocenters. The SMILES string of the molecule is COP(=O)(OC)C(Nc1ccc(Br)cc1)c1ccc(O)cc1. The van der Waals surface area contributed by atoms with E-state index < -0.39 is 13.4 Å². The van der Waals surface area contributed by atoms with Gasteiger partial charge in [-0.3, -0.25) is 4.57 Å². The highest BCUT2D eigenvalue weighted by Gasteiger charge is 2.35. The minimum atomic E-state index is -3.41. The third-order valence-electron chi connectivity index (χ3n) is 3.18. The lowest BCUT2D eigenvalue weighted by Crippen LogP contribution is -2.13. The molecule has 0 bridgehead atoms. The quantitative estimate of drug-likeness (QED) is 0.702. The van der Waals surface area contributed by atoms with Crippen LogP contribution in [0, 0.1) is 0 Å². The Bertz CT molecular complexity index is 652. The number of halogens is 1. The third kappa shape index (κ3) is 3.90. The van der Waals surface area contributed by atoms with E-state index in [-0.39, 0.29) is 5.75 Å². The number of nitrogens with one attached hydrogen (secondary N) is 1. The fourth-order valence-electron chi connectivity index (χ4n) is 1.99. The number of rotatable bonds is 6. The standard InChI is InChI=1S/C15H17BrNO4P/c1-20-22(19,21-2)15(11-3-9-14(18)10-4-11)17-13-7-5-12(16)6-8-13/h3-10,15,17-18H,1-2H3. The van der Waals surface area contributed by atoms with Crippen LogP contribution in [0.3, 0.4) is 0 Å². The van der Waals surface area contributed by atoms with Crippen molar-refractivity contribution in [3.05, 3.63) is 58.6 Å². The van der Waals surface area contributed by atoms with Crippen LogP contribution in [0.25, 0.3) is 0 Å². The van der Waals surface area contributed by atoms with E-state index in [1.165, 1.54) is 26.4 Å². The van der Waals surface area contributed by atoms with Gasteiger partial charge in [0.15, 0.2) is 5.78 Å². The van der Waals surface area contributed by atoms with Gasteiger partial charge in [-0.15, -0.1) is 0 Å². The molecular weight excluding hydrogens is 369 g/mol. The molecule has 7 heteroatoms. The summed E-state index contributed by atoms with van der Waals surface area (Å²) in [6, 6.07) is 13.9. The number of benzene rings is 2. The molecular formula is C15H17BrNO4P. The van der Waals surface area contributed by atoms with Crippen molar-refractivity contribution in [2.75, 3.05) is 19.5 Å². The van der Waals surface area contributed by atoms with Crippen LogP contribution in [0.15, 0.2) is 53.0 Å². The molecule has 2 aromatic rings. The molecule has 0 aliphatic rings. The lowest BCUT2D eigenvalue weighted by molar-refractivity contribution is 0.268. The molecule has 0 fully saturated rings. The molecule has 0 amide bonds.